The number of nitrogens with zero attached hydrogens (tertiary/aromatic N) is 2. The quantitative estimate of drug-likeness (QED) is 0.546. The van der Waals surface area contributed by atoms with Crippen LogP contribution in [0.4, 0.5) is 17.1 Å². The van der Waals surface area contributed by atoms with Gasteiger partial charge >= 0.3 is 5.97 Å². The van der Waals surface area contributed by atoms with Gasteiger partial charge in [-0.3, -0.25) is 15.1 Å². The molecule has 0 saturated heterocycles. The summed E-state index contributed by atoms with van der Waals surface area (Å²) in [6, 6.07) is 12.4. The van der Waals surface area contributed by atoms with Crippen molar-refractivity contribution in [2.45, 2.75) is 0 Å². The number of non-ortho nitro benzene ring substituents is 1. The zero-order chi connectivity index (χ0) is 16.4. The first-order chi connectivity index (χ1) is 11.0. The van der Waals surface area contributed by atoms with Crippen LogP contribution >= 0.6 is 12.4 Å². The number of hydrogen-bond donors (Lipinski definition) is 2. The number of aromatic nitrogens is 1. The molecule has 0 radical (unpaired) electrons. The molecule has 0 saturated carbocycles. The van der Waals surface area contributed by atoms with Crippen LogP contribution in [0.3, 0.4) is 0 Å². The Hall–Kier alpha value is -3.19. The lowest BCUT2D eigenvalue weighted by molar-refractivity contribution is -0.384. The Morgan fingerprint density at radius 2 is 1.83 bits per heavy atom. The van der Waals surface area contributed by atoms with Crippen LogP contribution < -0.4 is 5.32 Å². The molecule has 1 aromatic heterocycles. The number of pyridine rings is 1. The SMILES string of the molecule is Cl.O=C(O)c1ccc(Nc2ccnc3ccc([N+](=O)[O-])cc23)cc1. The van der Waals surface area contributed by atoms with E-state index in [1.54, 1.807) is 30.5 Å². The number of carboxylic acids is 1. The summed E-state index contributed by atoms with van der Waals surface area (Å²) in [7, 11) is 0. The van der Waals surface area contributed by atoms with Crippen molar-refractivity contribution in [1.82, 2.24) is 4.98 Å². The molecule has 0 aliphatic rings. The zero-order valence-electron chi connectivity index (χ0n) is 12.2. The highest BCUT2D eigenvalue weighted by Gasteiger charge is 2.10. The number of anilines is 2. The monoisotopic (exact) mass is 345 g/mol. The van der Waals surface area contributed by atoms with Crippen molar-refractivity contribution in [2.75, 3.05) is 5.32 Å². The summed E-state index contributed by atoms with van der Waals surface area (Å²) < 4.78 is 0. The van der Waals surface area contributed by atoms with Crippen LogP contribution in [-0.4, -0.2) is 21.0 Å². The van der Waals surface area contributed by atoms with Gasteiger partial charge in [0.2, 0.25) is 0 Å². The van der Waals surface area contributed by atoms with Gasteiger partial charge in [0.1, 0.15) is 0 Å². The van der Waals surface area contributed by atoms with Crippen molar-refractivity contribution in [3.05, 3.63) is 70.4 Å². The van der Waals surface area contributed by atoms with Crippen LogP contribution in [0, 0.1) is 10.1 Å². The molecule has 0 spiro atoms. The van der Waals surface area contributed by atoms with Gasteiger partial charge in [-0.1, -0.05) is 0 Å². The van der Waals surface area contributed by atoms with E-state index in [2.05, 4.69) is 10.3 Å². The van der Waals surface area contributed by atoms with Crippen molar-refractivity contribution in [3.8, 4) is 0 Å². The number of carbonyl (C=O) groups is 1. The highest BCUT2D eigenvalue weighted by atomic mass is 35.5. The van der Waals surface area contributed by atoms with Gasteiger partial charge in [-0.2, -0.15) is 0 Å². The summed E-state index contributed by atoms with van der Waals surface area (Å²) in [5.74, 6) is -0.999. The molecule has 0 unspecified atom stereocenters. The fraction of sp³-hybridized carbons (Fsp3) is 0. The number of hydrogen-bond acceptors (Lipinski definition) is 5. The molecule has 0 atom stereocenters. The van der Waals surface area contributed by atoms with Crippen molar-refractivity contribution in [1.29, 1.82) is 0 Å². The molecule has 24 heavy (non-hydrogen) atoms. The number of rotatable bonds is 4. The first kappa shape index (κ1) is 17.2. The zero-order valence-corrected chi connectivity index (χ0v) is 13.0. The van der Waals surface area contributed by atoms with Crippen molar-refractivity contribution >= 4 is 46.3 Å². The maximum absolute atomic E-state index is 10.9. The number of nitro benzene ring substituents is 1. The summed E-state index contributed by atoms with van der Waals surface area (Å²) in [4.78, 5) is 25.5. The molecule has 2 aromatic carbocycles. The Labute approximate surface area is 142 Å². The number of nitrogens with one attached hydrogen (secondary N) is 1. The molecule has 122 valence electrons. The molecule has 3 rings (SSSR count). The standard InChI is InChI=1S/C16H11N3O4.ClH/c20-16(21)10-1-3-11(4-2-10)18-15-7-8-17-14-6-5-12(19(22)23)9-13(14)15;/h1-9H,(H,17,18)(H,20,21);1H. The highest BCUT2D eigenvalue weighted by Crippen LogP contribution is 2.28. The van der Waals surface area contributed by atoms with E-state index in [1.165, 1.54) is 24.3 Å². The van der Waals surface area contributed by atoms with Gasteiger partial charge in [0.25, 0.3) is 5.69 Å². The van der Waals surface area contributed by atoms with Crippen molar-refractivity contribution in [2.24, 2.45) is 0 Å². The number of aromatic carboxylic acids is 1. The second kappa shape index (κ2) is 6.93. The molecule has 0 aliphatic heterocycles. The topological polar surface area (TPSA) is 105 Å². The largest absolute Gasteiger partial charge is 0.478 e. The van der Waals surface area contributed by atoms with Crippen LogP contribution in [0.15, 0.2) is 54.7 Å². The van der Waals surface area contributed by atoms with Crippen LogP contribution in [0.2, 0.25) is 0 Å². The predicted molar refractivity (Wildman–Crippen MR) is 92.3 cm³/mol. The Balaban J connectivity index is 0.00000208. The molecule has 7 nitrogen and oxygen atoms in total. The van der Waals surface area contributed by atoms with Gasteiger partial charge in [-0.05, 0) is 36.4 Å². The Morgan fingerprint density at radius 3 is 2.46 bits per heavy atom. The average molecular weight is 346 g/mol. The van der Waals surface area contributed by atoms with Crippen LogP contribution in [0.1, 0.15) is 10.4 Å². The van der Waals surface area contributed by atoms with Crippen molar-refractivity contribution in [3.63, 3.8) is 0 Å². The van der Waals surface area contributed by atoms with Crippen LogP contribution in [0.25, 0.3) is 10.9 Å². The van der Waals surface area contributed by atoms with Crippen LogP contribution in [-0.2, 0) is 0 Å². The summed E-state index contributed by atoms with van der Waals surface area (Å²) in [5, 5.41) is 23.6. The molecule has 0 aliphatic carbocycles. The highest BCUT2D eigenvalue weighted by molar-refractivity contribution is 5.94. The molecule has 0 bridgehead atoms. The van der Waals surface area contributed by atoms with Gasteiger partial charge in [0.15, 0.2) is 0 Å². The maximum atomic E-state index is 10.9. The van der Waals surface area contributed by atoms with E-state index in [9.17, 15) is 14.9 Å². The number of nitro groups is 1. The first-order valence-electron chi connectivity index (χ1n) is 6.68. The van der Waals surface area contributed by atoms with Crippen LogP contribution in [0.5, 0.6) is 0 Å². The van der Waals surface area contributed by atoms with E-state index in [0.29, 0.717) is 22.3 Å². The maximum Gasteiger partial charge on any atom is 0.335 e. The molecule has 0 amide bonds. The van der Waals surface area contributed by atoms with E-state index in [-0.39, 0.29) is 23.7 Å². The lowest BCUT2D eigenvalue weighted by Crippen LogP contribution is -1.97. The molecule has 2 N–H and O–H groups in total. The Kier molecular flexibility index (Phi) is 4.96. The summed E-state index contributed by atoms with van der Waals surface area (Å²) >= 11 is 0. The molecule has 3 aromatic rings. The average Bonchev–Trinajstić information content (AvgIpc) is 2.55. The summed E-state index contributed by atoms with van der Waals surface area (Å²) in [6.07, 6.45) is 1.60. The second-order valence-electron chi connectivity index (χ2n) is 4.82. The molecular formula is C16H12ClN3O4. The van der Waals surface area contributed by atoms with Gasteiger partial charge in [-0.15, -0.1) is 12.4 Å². The summed E-state index contributed by atoms with van der Waals surface area (Å²) in [5.41, 5.74) is 2.12. The molecule has 0 fully saturated rings. The van der Waals surface area contributed by atoms with E-state index >= 15 is 0 Å². The fourth-order valence-electron chi connectivity index (χ4n) is 2.21. The minimum atomic E-state index is -0.999. The second-order valence-corrected chi connectivity index (χ2v) is 4.82. The molecule has 1 heterocycles. The van der Waals surface area contributed by atoms with E-state index < -0.39 is 10.9 Å². The fourth-order valence-corrected chi connectivity index (χ4v) is 2.21. The lowest BCUT2D eigenvalue weighted by Gasteiger charge is -2.09. The number of halogens is 1. The van der Waals surface area contributed by atoms with E-state index in [1.807, 2.05) is 0 Å². The third-order valence-corrected chi connectivity index (χ3v) is 3.35. The lowest BCUT2D eigenvalue weighted by atomic mass is 10.1. The minimum Gasteiger partial charge on any atom is -0.478 e. The van der Waals surface area contributed by atoms with Gasteiger partial charge in [0, 0.05) is 35.1 Å². The van der Waals surface area contributed by atoms with E-state index in [0.717, 1.165) is 0 Å². The molecule has 8 heteroatoms. The smallest absolute Gasteiger partial charge is 0.335 e. The van der Waals surface area contributed by atoms with Gasteiger partial charge in [-0.25, -0.2) is 4.79 Å². The summed E-state index contributed by atoms with van der Waals surface area (Å²) in [6.45, 7) is 0. The third-order valence-electron chi connectivity index (χ3n) is 3.35. The van der Waals surface area contributed by atoms with Gasteiger partial charge in [0.05, 0.1) is 16.0 Å². The number of benzene rings is 2. The normalized spacial score (nSPS) is 10.0. The minimum absolute atomic E-state index is 0. The Morgan fingerprint density at radius 1 is 1.12 bits per heavy atom. The third kappa shape index (κ3) is 3.41. The molecular weight excluding hydrogens is 334 g/mol. The van der Waals surface area contributed by atoms with Gasteiger partial charge < -0.3 is 10.4 Å². The van der Waals surface area contributed by atoms with E-state index in [4.69, 9.17) is 5.11 Å². The Bertz CT molecular complexity index is 913. The van der Waals surface area contributed by atoms with Crippen molar-refractivity contribution < 1.29 is 14.8 Å². The number of carboxylic acid groups (broad SMARTS) is 1. The first-order valence-corrected chi connectivity index (χ1v) is 6.68. The number of fused-ring (bicyclic) bond motifs is 1. The predicted octanol–water partition coefficient (Wildman–Crippen LogP) is 4.01.